The molecule has 2 N–H and O–H groups in total. The van der Waals surface area contributed by atoms with Crippen molar-refractivity contribution in [2.75, 3.05) is 25.5 Å². The van der Waals surface area contributed by atoms with E-state index in [-0.39, 0.29) is 23.5 Å². The standard InChI is InChI=1S/C21H20ClFN4O3/c1-30-17-7-4-14(22)12-16(17)24-20(29)27-10-8-21(9-11-27)25-18(19(28)26-21)13-2-5-15(23)6-3-13/h2-7,12H,8-11H2,1H3,(H,24,29)(H,26,28). The largest absolute Gasteiger partial charge is 0.495 e. The Hall–Kier alpha value is -3.13. The van der Waals surface area contributed by atoms with Crippen LogP contribution >= 0.6 is 11.6 Å². The molecule has 30 heavy (non-hydrogen) atoms. The molecule has 2 aromatic rings. The highest BCUT2D eigenvalue weighted by Crippen LogP contribution is 2.31. The van der Waals surface area contributed by atoms with Crippen molar-refractivity contribution >= 4 is 34.9 Å². The van der Waals surface area contributed by atoms with Gasteiger partial charge in [-0.05, 0) is 42.5 Å². The molecule has 2 heterocycles. The van der Waals surface area contributed by atoms with Crippen LogP contribution in [0.25, 0.3) is 0 Å². The maximum absolute atomic E-state index is 13.2. The van der Waals surface area contributed by atoms with Crippen molar-refractivity contribution in [3.05, 3.63) is 58.9 Å². The van der Waals surface area contributed by atoms with Crippen LogP contribution in [0.4, 0.5) is 14.9 Å². The first-order chi connectivity index (χ1) is 14.4. The molecule has 1 fully saturated rings. The first-order valence-electron chi connectivity index (χ1n) is 9.47. The van der Waals surface area contributed by atoms with Gasteiger partial charge in [0.2, 0.25) is 0 Å². The molecular weight excluding hydrogens is 411 g/mol. The number of hydrogen-bond acceptors (Lipinski definition) is 4. The number of ether oxygens (including phenoxy) is 1. The number of anilines is 1. The van der Waals surface area contributed by atoms with Gasteiger partial charge < -0.3 is 20.3 Å². The van der Waals surface area contributed by atoms with E-state index in [9.17, 15) is 14.0 Å². The third kappa shape index (κ3) is 3.95. The topological polar surface area (TPSA) is 83.0 Å². The summed E-state index contributed by atoms with van der Waals surface area (Å²) in [6.45, 7) is 0.824. The van der Waals surface area contributed by atoms with Gasteiger partial charge in [-0.2, -0.15) is 0 Å². The first kappa shape index (κ1) is 20.2. The second kappa shape index (κ2) is 7.95. The van der Waals surface area contributed by atoms with Crippen molar-refractivity contribution in [2.45, 2.75) is 18.5 Å². The van der Waals surface area contributed by atoms with Crippen LogP contribution in [0, 0.1) is 5.82 Å². The normalized spacial score (nSPS) is 17.5. The van der Waals surface area contributed by atoms with E-state index in [0.29, 0.717) is 48.0 Å². The molecule has 156 valence electrons. The number of nitrogens with zero attached hydrogens (tertiary/aromatic N) is 2. The Kier molecular flexibility index (Phi) is 5.34. The van der Waals surface area contributed by atoms with Crippen LogP contribution in [0.3, 0.4) is 0 Å². The Morgan fingerprint density at radius 1 is 1.23 bits per heavy atom. The molecule has 4 rings (SSSR count). The van der Waals surface area contributed by atoms with Crippen LogP contribution in [0.15, 0.2) is 47.5 Å². The van der Waals surface area contributed by atoms with E-state index in [0.717, 1.165) is 0 Å². The zero-order chi connectivity index (χ0) is 21.3. The number of benzene rings is 2. The zero-order valence-electron chi connectivity index (χ0n) is 16.2. The Bertz CT molecular complexity index is 1020. The number of carbonyl (C=O) groups is 2. The number of urea groups is 1. The van der Waals surface area contributed by atoms with Crippen LogP contribution in [-0.4, -0.2) is 48.4 Å². The van der Waals surface area contributed by atoms with Crippen molar-refractivity contribution in [2.24, 2.45) is 4.99 Å². The predicted octanol–water partition coefficient (Wildman–Crippen LogP) is 3.43. The maximum Gasteiger partial charge on any atom is 0.321 e. The fourth-order valence-electron chi connectivity index (χ4n) is 3.66. The molecule has 0 unspecified atom stereocenters. The van der Waals surface area contributed by atoms with Gasteiger partial charge in [-0.1, -0.05) is 11.6 Å². The molecule has 0 aliphatic carbocycles. The lowest BCUT2D eigenvalue weighted by atomic mass is 9.98. The van der Waals surface area contributed by atoms with Crippen LogP contribution in [-0.2, 0) is 4.79 Å². The average molecular weight is 431 g/mol. The summed E-state index contributed by atoms with van der Waals surface area (Å²) in [5, 5.41) is 6.24. The molecule has 9 heteroatoms. The molecular formula is C21H20ClFN4O3. The summed E-state index contributed by atoms with van der Waals surface area (Å²) >= 11 is 6.02. The lowest BCUT2D eigenvalue weighted by Gasteiger charge is -2.37. The summed E-state index contributed by atoms with van der Waals surface area (Å²) in [5.41, 5.74) is 0.599. The Labute approximate surface area is 177 Å². The van der Waals surface area contributed by atoms with Crippen molar-refractivity contribution in [1.82, 2.24) is 10.2 Å². The maximum atomic E-state index is 13.2. The molecule has 1 spiro atoms. The highest BCUT2D eigenvalue weighted by molar-refractivity contribution is 6.46. The summed E-state index contributed by atoms with van der Waals surface area (Å²) in [5.74, 6) is -0.149. The number of piperidine rings is 1. The summed E-state index contributed by atoms with van der Waals surface area (Å²) in [4.78, 5) is 31.4. The van der Waals surface area contributed by atoms with Crippen molar-refractivity contribution in [3.8, 4) is 5.75 Å². The monoisotopic (exact) mass is 430 g/mol. The minimum Gasteiger partial charge on any atom is -0.495 e. The highest BCUT2D eigenvalue weighted by atomic mass is 35.5. The summed E-state index contributed by atoms with van der Waals surface area (Å²) in [6, 6.07) is 10.4. The SMILES string of the molecule is COc1ccc(Cl)cc1NC(=O)N1CCC2(CC1)N=C(c1ccc(F)cc1)C(=O)N2. The molecule has 0 saturated carbocycles. The lowest BCUT2D eigenvalue weighted by Crippen LogP contribution is -2.53. The summed E-state index contributed by atoms with van der Waals surface area (Å²) in [6.07, 6.45) is 0.951. The Balaban J connectivity index is 1.43. The van der Waals surface area contributed by atoms with Gasteiger partial charge in [-0.15, -0.1) is 0 Å². The number of rotatable bonds is 3. The predicted molar refractivity (Wildman–Crippen MR) is 112 cm³/mol. The molecule has 0 radical (unpaired) electrons. The number of methoxy groups -OCH3 is 1. The molecule has 3 amide bonds. The van der Waals surface area contributed by atoms with E-state index in [4.69, 9.17) is 16.3 Å². The summed E-state index contributed by atoms with van der Waals surface area (Å²) < 4.78 is 18.4. The average Bonchev–Trinajstić information content (AvgIpc) is 3.05. The van der Waals surface area contributed by atoms with E-state index in [1.165, 1.54) is 31.4 Å². The molecule has 0 atom stereocenters. The van der Waals surface area contributed by atoms with E-state index < -0.39 is 5.66 Å². The van der Waals surface area contributed by atoms with Crippen molar-refractivity contribution < 1.29 is 18.7 Å². The number of carbonyl (C=O) groups excluding carboxylic acids is 2. The fraction of sp³-hybridized carbons (Fsp3) is 0.286. The number of aliphatic imine (C=N–C) groups is 1. The van der Waals surface area contributed by atoms with Crippen LogP contribution in [0.5, 0.6) is 5.75 Å². The van der Waals surface area contributed by atoms with Crippen LogP contribution < -0.4 is 15.4 Å². The van der Waals surface area contributed by atoms with Gasteiger partial charge in [0.1, 0.15) is 22.9 Å². The number of likely N-dealkylation sites (tertiary alicyclic amines) is 1. The van der Waals surface area contributed by atoms with E-state index >= 15 is 0 Å². The fourth-order valence-corrected chi connectivity index (χ4v) is 3.83. The van der Waals surface area contributed by atoms with Gasteiger partial charge in [-0.3, -0.25) is 9.79 Å². The molecule has 0 aromatic heterocycles. The van der Waals surface area contributed by atoms with E-state index in [1.54, 1.807) is 23.1 Å². The van der Waals surface area contributed by atoms with Crippen LogP contribution in [0.1, 0.15) is 18.4 Å². The number of amides is 3. The van der Waals surface area contributed by atoms with E-state index in [1.807, 2.05) is 0 Å². The zero-order valence-corrected chi connectivity index (χ0v) is 17.0. The minimum atomic E-state index is -0.745. The van der Waals surface area contributed by atoms with Crippen molar-refractivity contribution in [3.63, 3.8) is 0 Å². The number of halogens is 2. The molecule has 2 aromatic carbocycles. The molecule has 2 aliphatic heterocycles. The Morgan fingerprint density at radius 2 is 1.93 bits per heavy atom. The third-order valence-corrected chi connectivity index (χ3v) is 5.52. The second-order valence-electron chi connectivity index (χ2n) is 7.21. The van der Waals surface area contributed by atoms with Gasteiger partial charge in [0.25, 0.3) is 5.91 Å². The van der Waals surface area contributed by atoms with Gasteiger partial charge in [-0.25, -0.2) is 9.18 Å². The van der Waals surface area contributed by atoms with Gasteiger partial charge in [0.05, 0.1) is 12.8 Å². The molecule has 2 aliphatic rings. The smallest absolute Gasteiger partial charge is 0.321 e. The van der Waals surface area contributed by atoms with Gasteiger partial charge in [0, 0.05) is 36.5 Å². The summed E-state index contributed by atoms with van der Waals surface area (Å²) in [7, 11) is 1.52. The number of hydrogen-bond donors (Lipinski definition) is 2. The molecule has 7 nitrogen and oxygen atoms in total. The quantitative estimate of drug-likeness (QED) is 0.782. The van der Waals surface area contributed by atoms with E-state index in [2.05, 4.69) is 15.6 Å². The highest BCUT2D eigenvalue weighted by Gasteiger charge is 2.42. The third-order valence-electron chi connectivity index (χ3n) is 5.29. The van der Waals surface area contributed by atoms with Crippen molar-refractivity contribution in [1.29, 1.82) is 0 Å². The first-order valence-corrected chi connectivity index (χ1v) is 9.85. The minimum absolute atomic E-state index is 0.280. The molecule has 0 bridgehead atoms. The molecule has 1 saturated heterocycles. The Morgan fingerprint density at radius 3 is 2.60 bits per heavy atom. The van der Waals surface area contributed by atoms with Crippen LogP contribution in [0.2, 0.25) is 5.02 Å². The lowest BCUT2D eigenvalue weighted by molar-refractivity contribution is -0.115. The van der Waals surface area contributed by atoms with Gasteiger partial charge in [0.15, 0.2) is 0 Å². The second-order valence-corrected chi connectivity index (χ2v) is 7.65. The number of nitrogens with one attached hydrogen (secondary N) is 2. The van der Waals surface area contributed by atoms with Gasteiger partial charge >= 0.3 is 6.03 Å².